The summed E-state index contributed by atoms with van der Waals surface area (Å²) in [7, 11) is 0. The molecule has 0 saturated carbocycles. The first-order chi connectivity index (χ1) is 8.79. The van der Waals surface area contributed by atoms with Crippen LogP contribution in [0.3, 0.4) is 0 Å². The minimum atomic E-state index is 0.810. The zero-order valence-electron chi connectivity index (χ0n) is 10.6. The Labute approximate surface area is 114 Å². The highest BCUT2D eigenvalue weighted by Crippen LogP contribution is 2.17. The topological polar surface area (TPSA) is 0 Å². The predicted molar refractivity (Wildman–Crippen MR) is 80.8 cm³/mol. The van der Waals surface area contributed by atoms with Crippen molar-refractivity contribution in [3.8, 4) is 0 Å². The molecule has 0 amide bonds. The van der Waals surface area contributed by atoms with Crippen LogP contribution in [0.2, 0.25) is 0 Å². The Balaban J connectivity index is 2.24. The van der Waals surface area contributed by atoms with Gasteiger partial charge in [0.25, 0.3) is 0 Å². The third kappa shape index (κ3) is 3.50. The molecule has 1 heteroatoms. The standard InChI is InChI=1S/C17H17Cl/c1-2-3-8-17(18)12-10-14-9-11-15-6-4-5-7-16(15)13-14/h4-7,9-11,13H,2-3,8H2,1H3. The van der Waals surface area contributed by atoms with Gasteiger partial charge in [0, 0.05) is 0 Å². The summed E-state index contributed by atoms with van der Waals surface area (Å²) in [5.41, 5.74) is 4.30. The van der Waals surface area contributed by atoms with Crippen LogP contribution in [0.1, 0.15) is 31.7 Å². The summed E-state index contributed by atoms with van der Waals surface area (Å²) in [5, 5.41) is 3.32. The van der Waals surface area contributed by atoms with Gasteiger partial charge in [-0.3, -0.25) is 0 Å². The lowest BCUT2D eigenvalue weighted by atomic mass is 10.1. The molecule has 0 aliphatic heterocycles. The molecule has 0 aromatic heterocycles. The first kappa shape index (κ1) is 13.0. The minimum Gasteiger partial charge on any atom is -0.104 e. The third-order valence-corrected chi connectivity index (χ3v) is 3.22. The smallest absolute Gasteiger partial charge is 0.0597 e. The van der Waals surface area contributed by atoms with E-state index in [0.29, 0.717) is 0 Å². The molecule has 2 rings (SSSR count). The molecular formula is C17H17Cl. The molecule has 0 nitrogen and oxygen atoms in total. The molecule has 92 valence electrons. The maximum absolute atomic E-state index is 6.10. The monoisotopic (exact) mass is 256 g/mol. The summed E-state index contributed by atoms with van der Waals surface area (Å²) >= 11 is 6.10. The highest BCUT2D eigenvalue weighted by Gasteiger charge is 1.93. The molecule has 0 saturated heterocycles. The molecule has 0 bridgehead atoms. The van der Waals surface area contributed by atoms with Gasteiger partial charge >= 0.3 is 0 Å². The molecule has 18 heavy (non-hydrogen) atoms. The van der Waals surface area contributed by atoms with Crippen LogP contribution in [0.5, 0.6) is 0 Å². The molecule has 0 aliphatic rings. The molecule has 0 spiro atoms. The quantitative estimate of drug-likeness (QED) is 0.610. The number of fused-ring (bicyclic) bond motifs is 1. The van der Waals surface area contributed by atoms with Gasteiger partial charge in [0.15, 0.2) is 0 Å². The van der Waals surface area contributed by atoms with E-state index >= 15 is 0 Å². The van der Waals surface area contributed by atoms with E-state index in [9.17, 15) is 0 Å². The van der Waals surface area contributed by atoms with Crippen molar-refractivity contribution in [2.24, 2.45) is 0 Å². The van der Waals surface area contributed by atoms with Gasteiger partial charge in [-0.1, -0.05) is 61.3 Å². The van der Waals surface area contributed by atoms with Crippen LogP contribution < -0.4 is 0 Å². The van der Waals surface area contributed by atoms with E-state index in [0.717, 1.165) is 29.9 Å². The van der Waals surface area contributed by atoms with Crippen LogP contribution in [0.4, 0.5) is 0 Å². The zero-order valence-corrected chi connectivity index (χ0v) is 11.4. The van der Waals surface area contributed by atoms with Gasteiger partial charge < -0.3 is 0 Å². The fraction of sp³-hybridized carbons (Fsp3) is 0.235. The Hall–Kier alpha value is -1.49. The van der Waals surface area contributed by atoms with E-state index in [1.165, 1.54) is 10.8 Å². The van der Waals surface area contributed by atoms with Crippen molar-refractivity contribution in [1.82, 2.24) is 0 Å². The summed E-state index contributed by atoms with van der Waals surface area (Å²) in [6.45, 7) is 2.16. The van der Waals surface area contributed by atoms with E-state index in [1.54, 1.807) is 0 Å². The minimum absolute atomic E-state index is 0.810. The van der Waals surface area contributed by atoms with Gasteiger partial charge in [0.2, 0.25) is 0 Å². The number of unbranched alkanes of at least 4 members (excludes halogenated alkanes) is 1. The molecule has 0 N–H and O–H groups in total. The third-order valence-electron chi connectivity index (χ3n) is 2.92. The first-order valence-corrected chi connectivity index (χ1v) is 6.77. The Morgan fingerprint density at radius 3 is 2.72 bits per heavy atom. The van der Waals surface area contributed by atoms with Gasteiger partial charge in [-0.25, -0.2) is 0 Å². The van der Waals surface area contributed by atoms with Crippen molar-refractivity contribution >= 4 is 28.4 Å². The number of hydrogen-bond acceptors (Lipinski definition) is 0. The Morgan fingerprint density at radius 2 is 1.94 bits per heavy atom. The fourth-order valence-corrected chi connectivity index (χ4v) is 2.05. The van der Waals surface area contributed by atoms with E-state index in [4.69, 9.17) is 11.6 Å². The summed E-state index contributed by atoms with van der Waals surface area (Å²) in [4.78, 5) is 0. The van der Waals surface area contributed by atoms with Gasteiger partial charge in [-0.05, 0) is 41.3 Å². The predicted octanol–water partition coefficient (Wildman–Crippen LogP) is 5.76. The molecule has 0 fully saturated rings. The lowest BCUT2D eigenvalue weighted by molar-refractivity contribution is 0.808. The second-order valence-electron chi connectivity index (χ2n) is 4.40. The molecular weight excluding hydrogens is 240 g/mol. The van der Waals surface area contributed by atoms with E-state index in [2.05, 4.69) is 55.1 Å². The molecule has 2 aromatic carbocycles. The highest BCUT2D eigenvalue weighted by atomic mass is 35.5. The van der Waals surface area contributed by atoms with Crippen LogP contribution in [0.15, 0.2) is 53.2 Å². The van der Waals surface area contributed by atoms with Gasteiger partial charge in [0.05, 0.1) is 5.03 Å². The molecule has 0 heterocycles. The van der Waals surface area contributed by atoms with Gasteiger partial charge in [-0.15, -0.1) is 5.73 Å². The van der Waals surface area contributed by atoms with Crippen LogP contribution in [0, 0.1) is 0 Å². The zero-order chi connectivity index (χ0) is 12.8. The number of benzene rings is 2. The SMILES string of the molecule is CCCCC(Cl)=C=Cc1ccc2ccccc2c1. The molecule has 0 unspecified atom stereocenters. The average molecular weight is 257 g/mol. The van der Waals surface area contributed by atoms with Crippen molar-refractivity contribution in [3.05, 3.63) is 58.8 Å². The van der Waals surface area contributed by atoms with E-state index in [1.807, 2.05) is 6.08 Å². The first-order valence-electron chi connectivity index (χ1n) is 6.39. The van der Waals surface area contributed by atoms with Crippen molar-refractivity contribution in [3.63, 3.8) is 0 Å². The largest absolute Gasteiger partial charge is 0.104 e. The summed E-state index contributed by atoms with van der Waals surface area (Å²) in [6, 6.07) is 14.7. The van der Waals surface area contributed by atoms with Crippen LogP contribution in [0.25, 0.3) is 16.8 Å². The Bertz CT molecular complexity index is 589. The summed E-state index contributed by atoms with van der Waals surface area (Å²) in [5.74, 6) is 0. The molecule has 2 aromatic rings. The normalized spacial score (nSPS) is 10.1. The molecule has 0 radical (unpaired) electrons. The van der Waals surface area contributed by atoms with Gasteiger partial charge in [-0.2, -0.15) is 0 Å². The van der Waals surface area contributed by atoms with Crippen LogP contribution in [-0.2, 0) is 0 Å². The molecule has 0 atom stereocenters. The summed E-state index contributed by atoms with van der Waals surface area (Å²) in [6.07, 6.45) is 5.16. The lowest BCUT2D eigenvalue weighted by Crippen LogP contribution is -1.75. The van der Waals surface area contributed by atoms with Gasteiger partial charge in [0.1, 0.15) is 0 Å². The Kier molecular flexibility index (Phi) is 4.64. The van der Waals surface area contributed by atoms with Crippen molar-refractivity contribution in [2.45, 2.75) is 26.2 Å². The second-order valence-corrected chi connectivity index (χ2v) is 4.86. The molecule has 0 aliphatic carbocycles. The average Bonchev–Trinajstić information content (AvgIpc) is 2.42. The number of hydrogen-bond donors (Lipinski definition) is 0. The van der Waals surface area contributed by atoms with Crippen molar-refractivity contribution in [2.75, 3.05) is 0 Å². The highest BCUT2D eigenvalue weighted by molar-refractivity contribution is 6.29. The van der Waals surface area contributed by atoms with Crippen LogP contribution in [-0.4, -0.2) is 0 Å². The lowest BCUT2D eigenvalue weighted by Gasteiger charge is -1.98. The number of halogens is 1. The maximum atomic E-state index is 6.10. The number of allylic oxidation sites excluding steroid dienone is 1. The van der Waals surface area contributed by atoms with Crippen molar-refractivity contribution in [1.29, 1.82) is 0 Å². The fourth-order valence-electron chi connectivity index (χ4n) is 1.86. The van der Waals surface area contributed by atoms with Crippen molar-refractivity contribution < 1.29 is 0 Å². The van der Waals surface area contributed by atoms with E-state index in [-0.39, 0.29) is 0 Å². The summed E-state index contributed by atoms with van der Waals surface area (Å²) < 4.78 is 0. The Morgan fingerprint density at radius 1 is 1.17 bits per heavy atom. The van der Waals surface area contributed by atoms with E-state index < -0.39 is 0 Å². The second kappa shape index (κ2) is 6.44. The van der Waals surface area contributed by atoms with Crippen LogP contribution >= 0.6 is 11.6 Å². The number of rotatable bonds is 4. The maximum Gasteiger partial charge on any atom is 0.0597 e.